The van der Waals surface area contributed by atoms with Crippen molar-refractivity contribution in [1.29, 1.82) is 0 Å². The van der Waals surface area contributed by atoms with Crippen LogP contribution in [0.15, 0.2) is 58.1 Å². The smallest absolute Gasteiger partial charge is 0.260 e. The third kappa shape index (κ3) is 5.30. The van der Waals surface area contributed by atoms with Gasteiger partial charge in [0.25, 0.3) is 5.91 Å². The Kier molecular flexibility index (Phi) is 6.38. The average Bonchev–Trinajstić information content (AvgIpc) is 2.57. The summed E-state index contributed by atoms with van der Waals surface area (Å²) in [5.41, 5.74) is 3.54. The molecule has 0 aromatic heterocycles. The van der Waals surface area contributed by atoms with Gasteiger partial charge in [-0.05, 0) is 37.3 Å². The van der Waals surface area contributed by atoms with Crippen molar-refractivity contribution in [3.63, 3.8) is 0 Å². The molecule has 0 unspecified atom stereocenters. The van der Waals surface area contributed by atoms with Gasteiger partial charge < -0.3 is 5.11 Å². The molecule has 0 spiro atoms. The van der Waals surface area contributed by atoms with Gasteiger partial charge in [-0.25, -0.2) is 13.8 Å². The lowest BCUT2D eigenvalue weighted by Gasteiger charge is -2.21. The Balaban J connectivity index is 2.16. The normalized spacial score (nSPS) is 11.9. The molecular weight excluding hydrogens is 422 g/mol. The number of phenolic OH excluding ortho intramolecular Hbond substituents is 1. The van der Waals surface area contributed by atoms with Crippen LogP contribution in [0.25, 0.3) is 0 Å². The second-order valence-corrected chi connectivity index (χ2v) is 8.32. The van der Waals surface area contributed by atoms with E-state index in [1.54, 1.807) is 49.4 Å². The van der Waals surface area contributed by atoms with Gasteiger partial charge >= 0.3 is 0 Å². The van der Waals surface area contributed by atoms with Crippen molar-refractivity contribution < 1.29 is 18.3 Å². The van der Waals surface area contributed by atoms with E-state index < -0.39 is 22.5 Å². The lowest BCUT2D eigenvalue weighted by Crippen LogP contribution is -2.39. The van der Waals surface area contributed by atoms with Crippen molar-refractivity contribution >= 4 is 43.3 Å². The van der Waals surface area contributed by atoms with E-state index in [0.717, 1.165) is 10.6 Å². The fourth-order valence-corrected chi connectivity index (χ4v) is 3.42. The molecule has 0 fully saturated rings. The molecule has 2 rings (SSSR count). The number of aromatic hydroxyl groups is 1. The first-order chi connectivity index (χ1) is 12.2. The van der Waals surface area contributed by atoms with Gasteiger partial charge in [-0.3, -0.25) is 9.10 Å². The van der Waals surface area contributed by atoms with Gasteiger partial charge in [-0.2, -0.15) is 5.10 Å². The van der Waals surface area contributed by atoms with Gasteiger partial charge in [0.05, 0.1) is 17.7 Å². The Bertz CT molecular complexity index is 945. The summed E-state index contributed by atoms with van der Waals surface area (Å²) in [6, 6.07) is 13.2. The fourth-order valence-electron chi connectivity index (χ4n) is 2.18. The molecule has 2 N–H and O–H groups in total. The molecule has 0 saturated heterocycles. The van der Waals surface area contributed by atoms with Gasteiger partial charge in [0, 0.05) is 10.0 Å². The second kappa shape index (κ2) is 8.33. The van der Waals surface area contributed by atoms with E-state index in [2.05, 4.69) is 26.5 Å². The first-order valence-corrected chi connectivity index (χ1v) is 10.2. The number of phenols is 1. The van der Waals surface area contributed by atoms with Crippen molar-refractivity contribution in [3.8, 4) is 5.75 Å². The maximum Gasteiger partial charge on any atom is 0.260 e. The lowest BCUT2D eigenvalue weighted by atomic mass is 10.1. The second-order valence-electron chi connectivity index (χ2n) is 5.50. The van der Waals surface area contributed by atoms with Crippen LogP contribution in [0.2, 0.25) is 0 Å². The molecule has 26 heavy (non-hydrogen) atoms. The summed E-state index contributed by atoms with van der Waals surface area (Å²) in [6.45, 7) is 1.20. The van der Waals surface area contributed by atoms with Crippen molar-refractivity contribution in [3.05, 3.63) is 58.6 Å². The summed E-state index contributed by atoms with van der Waals surface area (Å²) < 4.78 is 25.8. The number of hydrazone groups is 1. The topological polar surface area (TPSA) is 99.1 Å². The Morgan fingerprint density at radius 2 is 1.92 bits per heavy atom. The standard InChI is InChI=1S/C17H18BrN3O4S/c1-12(15-8-3-4-9-16(15)22)19-20-17(23)11-21(26(2,24)25)14-7-5-6-13(18)10-14/h3-10,22H,11H2,1-2H3,(H,20,23). The van der Waals surface area contributed by atoms with E-state index in [1.807, 2.05) is 0 Å². The van der Waals surface area contributed by atoms with Crippen LogP contribution in [0.5, 0.6) is 5.75 Å². The van der Waals surface area contributed by atoms with Crippen LogP contribution in [0.1, 0.15) is 12.5 Å². The van der Waals surface area contributed by atoms with E-state index in [1.165, 1.54) is 6.07 Å². The first-order valence-electron chi connectivity index (χ1n) is 7.53. The Labute approximate surface area is 160 Å². The van der Waals surface area contributed by atoms with Crippen LogP contribution < -0.4 is 9.73 Å². The largest absolute Gasteiger partial charge is 0.507 e. The minimum absolute atomic E-state index is 0.0369. The molecule has 9 heteroatoms. The number of amides is 1. The first kappa shape index (κ1) is 19.9. The van der Waals surface area contributed by atoms with Gasteiger partial charge in [-0.15, -0.1) is 0 Å². The molecule has 0 heterocycles. The molecule has 0 aliphatic carbocycles. The maximum atomic E-state index is 12.2. The highest BCUT2D eigenvalue weighted by Crippen LogP contribution is 2.22. The number of nitrogens with one attached hydrogen (secondary N) is 1. The van der Waals surface area contributed by atoms with Crippen molar-refractivity contribution in [2.45, 2.75) is 6.92 Å². The number of nitrogens with zero attached hydrogens (tertiary/aromatic N) is 2. The molecule has 0 saturated carbocycles. The van der Waals surface area contributed by atoms with Crippen LogP contribution in [-0.4, -0.2) is 37.9 Å². The molecule has 1 amide bonds. The van der Waals surface area contributed by atoms with Gasteiger partial charge in [0.15, 0.2) is 0 Å². The van der Waals surface area contributed by atoms with E-state index in [9.17, 15) is 18.3 Å². The van der Waals surface area contributed by atoms with Crippen molar-refractivity contribution in [2.24, 2.45) is 5.10 Å². The molecule has 2 aromatic rings. The number of benzene rings is 2. The maximum absolute atomic E-state index is 12.2. The fraction of sp³-hybridized carbons (Fsp3) is 0.176. The number of halogens is 1. The van der Waals surface area contributed by atoms with Crippen LogP contribution in [0.3, 0.4) is 0 Å². The number of carbonyl (C=O) groups excluding carboxylic acids is 1. The minimum Gasteiger partial charge on any atom is -0.507 e. The lowest BCUT2D eigenvalue weighted by molar-refractivity contribution is -0.119. The highest BCUT2D eigenvalue weighted by Gasteiger charge is 2.21. The molecule has 0 aliphatic heterocycles. The van der Waals surface area contributed by atoms with Gasteiger partial charge in [-0.1, -0.05) is 34.1 Å². The molecule has 2 aromatic carbocycles. The highest BCUT2D eigenvalue weighted by atomic mass is 79.9. The van der Waals surface area contributed by atoms with Crippen molar-refractivity contribution in [1.82, 2.24) is 5.43 Å². The number of para-hydroxylation sites is 1. The summed E-state index contributed by atoms with van der Waals surface area (Å²) in [5, 5.41) is 13.7. The minimum atomic E-state index is -3.66. The van der Waals surface area contributed by atoms with Gasteiger partial charge in [0.2, 0.25) is 10.0 Å². The number of rotatable bonds is 6. The third-order valence-electron chi connectivity index (χ3n) is 3.43. The number of carbonyl (C=O) groups is 1. The van der Waals surface area contributed by atoms with E-state index in [4.69, 9.17) is 0 Å². The van der Waals surface area contributed by atoms with E-state index >= 15 is 0 Å². The number of anilines is 1. The van der Waals surface area contributed by atoms with Gasteiger partial charge in [0.1, 0.15) is 12.3 Å². The summed E-state index contributed by atoms with van der Waals surface area (Å²) >= 11 is 3.28. The molecule has 0 aliphatic rings. The van der Waals surface area contributed by atoms with Crippen LogP contribution in [0.4, 0.5) is 5.69 Å². The highest BCUT2D eigenvalue weighted by molar-refractivity contribution is 9.10. The predicted molar refractivity (Wildman–Crippen MR) is 105 cm³/mol. The van der Waals surface area contributed by atoms with Crippen LogP contribution in [0, 0.1) is 0 Å². The summed E-state index contributed by atoms with van der Waals surface area (Å²) in [6.07, 6.45) is 1.03. The summed E-state index contributed by atoms with van der Waals surface area (Å²) in [7, 11) is -3.66. The SMILES string of the molecule is CC(=NNC(=O)CN(c1cccc(Br)c1)S(C)(=O)=O)c1ccccc1O. The Hall–Kier alpha value is -2.39. The van der Waals surface area contributed by atoms with E-state index in [-0.39, 0.29) is 5.75 Å². The Morgan fingerprint density at radius 3 is 2.54 bits per heavy atom. The molecule has 0 atom stereocenters. The Morgan fingerprint density at radius 1 is 1.23 bits per heavy atom. The average molecular weight is 440 g/mol. The summed E-state index contributed by atoms with van der Waals surface area (Å²) in [4.78, 5) is 12.2. The monoisotopic (exact) mass is 439 g/mol. The summed E-state index contributed by atoms with van der Waals surface area (Å²) in [5.74, 6) is -0.569. The number of hydrogen-bond acceptors (Lipinski definition) is 5. The zero-order valence-corrected chi connectivity index (χ0v) is 16.6. The predicted octanol–water partition coefficient (Wildman–Crippen LogP) is 2.46. The number of hydrogen-bond donors (Lipinski definition) is 2. The molecular formula is C17H18BrN3O4S. The van der Waals surface area contributed by atoms with E-state index in [0.29, 0.717) is 21.4 Å². The quantitative estimate of drug-likeness (QED) is 0.533. The molecule has 7 nitrogen and oxygen atoms in total. The third-order valence-corrected chi connectivity index (χ3v) is 5.06. The molecule has 138 valence electrons. The molecule has 0 bridgehead atoms. The van der Waals surface area contributed by atoms with Crippen LogP contribution >= 0.6 is 15.9 Å². The van der Waals surface area contributed by atoms with Crippen LogP contribution in [-0.2, 0) is 14.8 Å². The molecule has 0 radical (unpaired) electrons. The van der Waals surface area contributed by atoms with Crippen molar-refractivity contribution in [2.75, 3.05) is 17.1 Å². The zero-order chi connectivity index (χ0) is 19.3. The zero-order valence-electron chi connectivity index (χ0n) is 14.2. The number of sulfonamides is 1.